The van der Waals surface area contributed by atoms with Crippen LogP contribution in [0.3, 0.4) is 0 Å². The van der Waals surface area contributed by atoms with Gasteiger partial charge < -0.3 is 4.55 Å². The summed E-state index contributed by atoms with van der Waals surface area (Å²) in [6.07, 6.45) is 17.2. The summed E-state index contributed by atoms with van der Waals surface area (Å²) in [5, 5.41) is 0. The molecule has 21 heavy (non-hydrogen) atoms. The third kappa shape index (κ3) is 23.9. The first kappa shape index (κ1) is 24.8. The standard InChI is InChI=1S/C16H34O3S.K/c1-2-3-4-5-6-7-8-9-10-11-12-13-14-15-16-20(17,18)19;/h2-16H2,1H3,(H,17,18,19);/q;+1/p-1. The summed E-state index contributed by atoms with van der Waals surface area (Å²) in [6.45, 7) is 2.25. The first-order valence-corrected chi connectivity index (χ1v) is 10.1. The van der Waals surface area contributed by atoms with Gasteiger partial charge >= 0.3 is 51.4 Å². The quantitative estimate of drug-likeness (QED) is 0.259. The molecule has 0 aromatic rings. The Morgan fingerprint density at radius 2 is 0.905 bits per heavy atom. The topological polar surface area (TPSA) is 57.2 Å². The second-order valence-corrected chi connectivity index (χ2v) is 7.38. The first-order valence-electron chi connectivity index (χ1n) is 8.50. The zero-order valence-electron chi connectivity index (χ0n) is 14.2. The van der Waals surface area contributed by atoms with Gasteiger partial charge in [-0.3, -0.25) is 0 Å². The summed E-state index contributed by atoms with van der Waals surface area (Å²) in [4.78, 5) is 0. The van der Waals surface area contributed by atoms with Gasteiger partial charge in [-0.1, -0.05) is 90.4 Å². The molecule has 0 spiro atoms. The summed E-state index contributed by atoms with van der Waals surface area (Å²) in [6, 6.07) is 0. The summed E-state index contributed by atoms with van der Waals surface area (Å²) in [5.41, 5.74) is 0. The van der Waals surface area contributed by atoms with E-state index in [4.69, 9.17) is 0 Å². The summed E-state index contributed by atoms with van der Waals surface area (Å²) in [7, 11) is -3.99. The molecule has 5 heteroatoms. The van der Waals surface area contributed by atoms with Crippen LogP contribution in [0, 0.1) is 0 Å². The zero-order valence-corrected chi connectivity index (χ0v) is 18.2. The molecule has 122 valence electrons. The van der Waals surface area contributed by atoms with Crippen LogP contribution in [0.1, 0.15) is 96.8 Å². The molecule has 0 radical (unpaired) electrons. The maximum Gasteiger partial charge on any atom is 1.00 e. The third-order valence-electron chi connectivity index (χ3n) is 3.75. The Bertz CT molecular complexity index is 292. The van der Waals surface area contributed by atoms with Crippen LogP contribution in [-0.2, 0) is 10.1 Å². The maximum absolute atomic E-state index is 10.4. The van der Waals surface area contributed by atoms with E-state index in [0.29, 0.717) is 6.42 Å². The summed E-state index contributed by atoms with van der Waals surface area (Å²) < 4.78 is 31.2. The molecule has 0 aliphatic heterocycles. The molecule has 0 amide bonds. The van der Waals surface area contributed by atoms with Crippen LogP contribution in [0.2, 0.25) is 0 Å². The minimum Gasteiger partial charge on any atom is -0.748 e. The largest absolute Gasteiger partial charge is 1.00 e. The van der Waals surface area contributed by atoms with Gasteiger partial charge in [0.1, 0.15) is 0 Å². The van der Waals surface area contributed by atoms with E-state index in [0.717, 1.165) is 12.8 Å². The fourth-order valence-corrected chi connectivity index (χ4v) is 3.03. The van der Waals surface area contributed by atoms with Gasteiger partial charge in [0, 0.05) is 5.75 Å². The number of hydrogen-bond donors (Lipinski definition) is 0. The molecule has 0 saturated carbocycles. The Morgan fingerprint density at radius 1 is 0.619 bits per heavy atom. The van der Waals surface area contributed by atoms with Crippen molar-refractivity contribution in [3.8, 4) is 0 Å². The minimum absolute atomic E-state index is 0. The average Bonchev–Trinajstić information content (AvgIpc) is 2.38. The number of hydrogen-bond acceptors (Lipinski definition) is 3. The van der Waals surface area contributed by atoms with Crippen molar-refractivity contribution in [3.05, 3.63) is 0 Å². The van der Waals surface area contributed by atoms with Gasteiger partial charge in [0.25, 0.3) is 0 Å². The molecular formula is C16H33KO3S. The molecular weight excluding hydrogens is 311 g/mol. The zero-order chi connectivity index (χ0) is 15.1. The van der Waals surface area contributed by atoms with E-state index < -0.39 is 10.1 Å². The van der Waals surface area contributed by atoms with Gasteiger partial charge in [0.05, 0.1) is 10.1 Å². The second kappa shape index (κ2) is 17.9. The molecule has 0 fully saturated rings. The van der Waals surface area contributed by atoms with Crippen LogP contribution in [0.15, 0.2) is 0 Å². The molecule has 0 rings (SSSR count). The summed E-state index contributed by atoms with van der Waals surface area (Å²) in [5.74, 6) is -0.189. The van der Waals surface area contributed by atoms with Gasteiger partial charge in [-0.25, -0.2) is 8.42 Å². The van der Waals surface area contributed by atoms with Gasteiger partial charge in [0.15, 0.2) is 0 Å². The Morgan fingerprint density at radius 3 is 1.19 bits per heavy atom. The molecule has 0 saturated heterocycles. The van der Waals surface area contributed by atoms with Crippen molar-refractivity contribution in [1.82, 2.24) is 0 Å². The molecule has 0 aliphatic rings. The number of rotatable bonds is 15. The van der Waals surface area contributed by atoms with Crippen molar-refractivity contribution in [2.45, 2.75) is 96.8 Å². The maximum atomic E-state index is 10.4. The third-order valence-corrected chi connectivity index (χ3v) is 4.54. The fraction of sp³-hybridized carbons (Fsp3) is 1.00. The smallest absolute Gasteiger partial charge is 0.748 e. The molecule has 0 heterocycles. The van der Waals surface area contributed by atoms with Gasteiger partial charge in [-0.05, 0) is 6.42 Å². The van der Waals surface area contributed by atoms with Gasteiger partial charge in [-0.2, -0.15) is 0 Å². The fourth-order valence-electron chi connectivity index (χ4n) is 2.47. The molecule has 0 atom stereocenters. The average molecular weight is 345 g/mol. The van der Waals surface area contributed by atoms with E-state index in [9.17, 15) is 13.0 Å². The van der Waals surface area contributed by atoms with Gasteiger partial charge in [-0.15, -0.1) is 0 Å². The molecule has 0 aromatic heterocycles. The van der Waals surface area contributed by atoms with Crippen molar-refractivity contribution in [2.24, 2.45) is 0 Å². The van der Waals surface area contributed by atoms with E-state index in [1.54, 1.807) is 0 Å². The van der Waals surface area contributed by atoms with Crippen molar-refractivity contribution >= 4 is 10.1 Å². The first-order chi connectivity index (χ1) is 9.56. The molecule has 0 aliphatic carbocycles. The molecule has 0 N–H and O–H groups in total. The Balaban J connectivity index is 0. The monoisotopic (exact) mass is 344 g/mol. The van der Waals surface area contributed by atoms with Crippen LogP contribution >= 0.6 is 0 Å². The predicted octanol–water partition coefficient (Wildman–Crippen LogP) is 2.02. The van der Waals surface area contributed by atoms with Crippen LogP contribution < -0.4 is 51.4 Å². The van der Waals surface area contributed by atoms with E-state index in [1.165, 1.54) is 70.6 Å². The van der Waals surface area contributed by atoms with E-state index in [-0.39, 0.29) is 57.1 Å². The van der Waals surface area contributed by atoms with Crippen molar-refractivity contribution in [2.75, 3.05) is 5.75 Å². The minimum atomic E-state index is -3.99. The van der Waals surface area contributed by atoms with Crippen LogP contribution in [-0.4, -0.2) is 18.7 Å². The van der Waals surface area contributed by atoms with Crippen molar-refractivity contribution in [1.29, 1.82) is 0 Å². The Hall–Kier alpha value is 1.55. The Kier molecular flexibility index (Phi) is 21.1. The van der Waals surface area contributed by atoms with E-state index >= 15 is 0 Å². The van der Waals surface area contributed by atoms with Crippen LogP contribution in [0.4, 0.5) is 0 Å². The van der Waals surface area contributed by atoms with Crippen molar-refractivity contribution < 1.29 is 64.4 Å². The molecule has 0 unspecified atom stereocenters. The summed E-state index contributed by atoms with van der Waals surface area (Å²) >= 11 is 0. The second-order valence-electron chi connectivity index (χ2n) is 5.86. The van der Waals surface area contributed by atoms with E-state index in [2.05, 4.69) is 6.92 Å². The van der Waals surface area contributed by atoms with Crippen LogP contribution in [0.25, 0.3) is 0 Å². The Labute approximate surface area is 175 Å². The van der Waals surface area contributed by atoms with Crippen molar-refractivity contribution in [3.63, 3.8) is 0 Å². The predicted molar refractivity (Wildman–Crippen MR) is 84.9 cm³/mol. The molecule has 0 aromatic carbocycles. The molecule has 3 nitrogen and oxygen atoms in total. The van der Waals surface area contributed by atoms with Gasteiger partial charge in [0.2, 0.25) is 0 Å². The molecule has 0 bridgehead atoms. The van der Waals surface area contributed by atoms with Crippen LogP contribution in [0.5, 0.6) is 0 Å². The van der Waals surface area contributed by atoms with E-state index in [1.807, 2.05) is 0 Å². The number of unbranched alkanes of at least 4 members (excludes halogenated alkanes) is 13. The SMILES string of the molecule is CCCCCCCCCCCCCCCCS(=O)(=O)[O-].[K+]. The normalized spacial score (nSPS) is 11.3.